The van der Waals surface area contributed by atoms with Crippen molar-refractivity contribution in [3.63, 3.8) is 0 Å². The maximum Gasteiger partial charge on any atom is 0.236 e. The van der Waals surface area contributed by atoms with Gasteiger partial charge < -0.3 is 5.73 Å². The summed E-state index contributed by atoms with van der Waals surface area (Å²) in [5, 5.41) is 9.07. The van der Waals surface area contributed by atoms with Gasteiger partial charge in [-0.15, -0.1) is 23.7 Å². The van der Waals surface area contributed by atoms with Crippen LogP contribution in [0.25, 0.3) is 0 Å². The van der Waals surface area contributed by atoms with Crippen LogP contribution in [0.15, 0.2) is 41.8 Å². The van der Waals surface area contributed by atoms with E-state index in [1.165, 1.54) is 11.3 Å². The summed E-state index contributed by atoms with van der Waals surface area (Å²) in [5.74, 6) is -0.256. The quantitative estimate of drug-likeness (QED) is 0.579. The molecular formula is C12H14ClN3O2S2. The summed E-state index contributed by atoms with van der Waals surface area (Å²) in [6.07, 6.45) is 0. The Morgan fingerprint density at radius 2 is 1.90 bits per heavy atom. The summed E-state index contributed by atoms with van der Waals surface area (Å²) in [7, 11) is -3.51. The molecule has 1 aromatic heterocycles. The van der Waals surface area contributed by atoms with Crippen LogP contribution in [0.5, 0.6) is 0 Å². The zero-order valence-electron chi connectivity index (χ0n) is 10.4. The average Bonchev–Trinajstić information content (AvgIpc) is 2.77. The number of anilines is 1. The van der Waals surface area contributed by atoms with Gasteiger partial charge in [0.05, 0.1) is 16.3 Å². The van der Waals surface area contributed by atoms with Gasteiger partial charge in [-0.2, -0.15) is 0 Å². The Balaban J connectivity index is 0.00000200. The van der Waals surface area contributed by atoms with Crippen molar-refractivity contribution in [2.75, 3.05) is 4.72 Å². The Kier molecular flexibility index (Phi) is 5.55. The molecule has 108 valence electrons. The topological polar surface area (TPSA) is 96.0 Å². The first kappa shape index (κ1) is 16.5. The molecule has 2 rings (SSSR count). The zero-order chi connectivity index (χ0) is 13.9. The molecule has 0 amide bonds. The van der Waals surface area contributed by atoms with Crippen LogP contribution in [-0.2, 0) is 15.8 Å². The molecule has 0 spiro atoms. The lowest BCUT2D eigenvalue weighted by atomic mass is 10.2. The Hall–Kier alpha value is -1.57. The summed E-state index contributed by atoms with van der Waals surface area (Å²) in [6, 6.07) is 10.5. The van der Waals surface area contributed by atoms with Crippen LogP contribution in [0, 0.1) is 5.41 Å². The predicted molar refractivity (Wildman–Crippen MR) is 85.3 cm³/mol. The van der Waals surface area contributed by atoms with Crippen LogP contribution < -0.4 is 10.5 Å². The monoisotopic (exact) mass is 331 g/mol. The van der Waals surface area contributed by atoms with E-state index in [4.69, 9.17) is 11.1 Å². The highest BCUT2D eigenvalue weighted by Gasteiger charge is 2.15. The highest BCUT2D eigenvalue weighted by Crippen LogP contribution is 2.23. The molecule has 0 unspecified atom stereocenters. The minimum Gasteiger partial charge on any atom is -0.383 e. The first-order valence-electron chi connectivity index (χ1n) is 5.44. The molecule has 5 nitrogen and oxygen atoms in total. The fourth-order valence-electron chi connectivity index (χ4n) is 1.60. The summed E-state index contributed by atoms with van der Waals surface area (Å²) in [4.78, 5) is 0.427. The fraction of sp³-hybridized carbons (Fsp3) is 0.0833. The number of hydrogen-bond acceptors (Lipinski definition) is 4. The first-order chi connectivity index (χ1) is 8.98. The van der Waals surface area contributed by atoms with Crippen LogP contribution >= 0.6 is 23.7 Å². The molecule has 1 heterocycles. The second kappa shape index (κ2) is 6.74. The van der Waals surface area contributed by atoms with E-state index in [0.29, 0.717) is 16.1 Å². The van der Waals surface area contributed by atoms with Gasteiger partial charge in [0, 0.05) is 0 Å². The normalized spacial score (nSPS) is 10.6. The van der Waals surface area contributed by atoms with Gasteiger partial charge >= 0.3 is 0 Å². The maximum absolute atomic E-state index is 12.0. The third kappa shape index (κ3) is 4.22. The highest BCUT2D eigenvalue weighted by molar-refractivity contribution is 7.91. The number of halogens is 1. The Morgan fingerprint density at radius 3 is 2.50 bits per heavy atom. The molecule has 0 aliphatic rings. The van der Waals surface area contributed by atoms with Gasteiger partial charge in [0.15, 0.2) is 0 Å². The lowest BCUT2D eigenvalue weighted by Gasteiger charge is -2.08. The van der Waals surface area contributed by atoms with Gasteiger partial charge in [-0.3, -0.25) is 10.1 Å². The van der Waals surface area contributed by atoms with E-state index in [2.05, 4.69) is 4.72 Å². The van der Waals surface area contributed by atoms with Crippen molar-refractivity contribution < 1.29 is 8.42 Å². The molecule has 0 aliphatic carbocycles. The number of thiophene rings is 1. The van der Waals surface area contributed by atoms with Crippen molar-refractivity contribution in [2.45, 2.75) is 5.75 Å². The minimum atomic E-state index is -3.51. The zero-order valence-corrected chi connectivity index (χ0v) is 12.8. The molecule has 4 N–H and O–H groups in total. The summed E-state index contributed by atoms with van der Waals surface area (Å²) in [6.45, 7) is 0. The van der Waals surface area contributed by atoms with Crippen molar-refractivity contribution in [2.24, 2.45) is 5.73 Å². The van der Waals surface area contributed by atoms with E-state index in [1.54, 1.807) is 35.7 Å². The van der Waals surface area contributed by atoms with E-state index >= 15 is 0 Å². The standard InChI is InChI=1S/C12H13N3O2S2.ClH/c13-12(14)11-10(6-7-18-11)15-19(16,17)8-9-4-2-1-3-5-9;/h1-7,15H,8H2,(H3,13,14);1H. The molecule has 0 saturated carbocycles. The summed E-state index contributed by atoms with van der Waals surface area (Å²) < 4.78 is 26.5. The van der Waals surface area contributed by atoms with Crippen LogP contribution in [0.2, 0.25) is 0 Å². The van der Waals surface area contributed by atoms with Gasteiger partial charge in [0.25, 0.3) is 0 Å². The number of nitrogen functional groups attached to an aromatic ring is 1. The molecule has 0 radical (unpaired) electrons. The third-order valence-electron chi connectivity index (χ3n) is 2.37. The van der Waals surface area contributed by atoms with E-state index in [1.807, 2.05) is 6.07 Å². The van der Waals surface area contributed by atoms with Crippen LogP contribution in [0.3, 0.4) is 0 Å². The maximum atomic E-state index is 12.0. The van der Waals surface area contributed by atoms with Crippen LogP contribution in [0.4, 0.5) is 5.69 Å². The third-order valence-corrected chi connectivity index (χ3v) is 4.57. The van der Waals surface area contributed by atoms with Crippen LogP contribution in [-0.4, -0.2) is 14.3 Å². The SMILES string of the molecule is Cl.N=C(N)c1sccc1NS(=O)(=O)Cc1ccccc1. The van der Waals surface area contributed by atoms with Crippen molar-refractivity contribution in [1.29, 1.82) is 5.41 Å². The van der Waals surface area contributed by atoms with Gasteiger partial charge in [-0.25, -0.2) is 8.42 Å². The second-order valence-corrected chi connectivity index (χ2v) is 6.56. The first-order valence-corrected chi connectivity index (χ1v) is 7.97. The molecule has 1 aromatic carbocycles. The predicted octanol–water partition coefficient (Wildman–Crippen LogP) is 2.40. The average molecular weight is 332 g/mol. The molecule has 0 fully saturated rings. The lowest BCUT2D eigenvalue weighted by Crippen LogP contribution is -2.18. The fourth-order valence-corrected chi connectivity index (χ4v) is 3.58. The summed E-state index contributed by atoms with van der Waals surface area (Å²) in [5.41, 5.74) is 6.45. The Morgan fingerprint density at radius 1 is 1.25 bits per heavy atom. The van der Waals surface area contributed by atoms with Gasteiger partial charge in [-0.05, 0) is 17.0 Å². The van der Waals surface area contributed by atoms with Gasteiger partial charge in [-0.1, -0.05) is 30.3 Å². The smallest absolute Gasteiger partial charge is 0.236 e. The lowest BCUT2D eigenvalue weighted by molar-refractivity contribution is 0.600. The number of benzene rings is 1. The molecule has 0 bridgehead atoms. The number of amidine groups is 1. The summed E-state index contributed by atoms with van der Waals surface area (Å²) >= 11 is 1.23. The molecule has 8 heteroatoms. The number of nitrogens with two attached hydrogens (primary N) is 1. The van der Waals surface area contributed by atoms with Crippen LogP contribution in [0.1, 0.15) is 10.4 Å². The van der Waals surface area contributed by atoms with Gasteiger partial charge in [0.2, 0.25) is 10.0 Å². The van der Waals surface area contributed by atoms with Crippen molar-refractivity contribution in [3.05, 3.63) is 52.2 Å². The number of sulfonamides is 1. The Labute approximate surface area is 127 Å². The Bertz CT molecular complexity index is 684. The number of hydrogen-bond donors (Lipinski definition) is 3. The van der Waals surface area contributed by atoms with E-state index in [-0.39, 0.29) is 24.0 Å². The highest BCUT2D eigenvalue weighted by atomic mass is 35.5. The van der Waals surface area contributed by atoms with Crippen molar-refractivity contribution in [3.8, 4) is 0 Å². The molecule has 2 aromatic rings. The molecule has 0 atom stereocenters. The van der Waals surface area contributed by atoms with E-state index < -0.39 is 10.0 Å². The molecule has 0 aliphatic heterocycles. The molecule has 20 heavy (non-hydrogen) atoms. The second-order valence-electron chi connectivity index (χ2n) is 3.92. The molecular weight excluding hydrogens is 318 g/mol. The number of rotatable bonds is 5. The molecule has 0 saturated heterocycles. The van der Waals surface area contributed by atoms with Crippen molar-refractivity contribution in [1.82, 2.24) is 0 Å². The minimum absolute atomic E-state index is 0. The van der Waals surface area contributed by atoms with Gasteiger partial charge in [0.1, 0.15) is 5.84 Å². The largest absolute Gasteiger partial charge is 0.383 e. The van der Waals surface area contributed by atoms with E-state index in [0.717, 1.165) is 0 Å². The van der Waals surface area contributed by atoms with Crippen molar-refractivity contribution >= 4 is 45.3 Å². The van der Waals surface area contributed by atoms with E-state index in [9.17, 15) is 8.42 Å². The number of nitrogens with one attached hydrogen (secondary N) is 2.